The summed E-state index contributed by atoms with van der Waals surface area (Å²) < 4.78 is 0. The van der Waals surface area contributed by atoms with Crippen LogP contribution in [-0.2, 0) is 4.79 Å². The lowest BCUT2D eigenvalue weighted by molar-refractivity contribution is -0.116. The van der Waals surface area contributed by atoms with Crippen LogP contribution in [0.5, 0.6) is 0 Å². The molecule has 5 heteroatoms. The van der Waals surface area contributed by atoms with E-state index in [-0.39, 0.29) is 17.9 Å². The highest BCUT2D eigenvalue weighted by Crippen LogP contribution is 2.21. The average molecular weight is 302 g/mol. The summed E-state index contributed by atoms with van der Waals surface area (Å²) in [5.41, 5.74) is 0.350. The van der Waals surface area contributed by atoms with Crippen molar-refractivity contribution in [2.75, 3.05) is 13.2 Å². The summed E-state index contributed by atoms with van der Waals surface area (Å²) in [6.45, 7) is 4.14. The summed E-state index contributed by atoms with van der Waals surface area (Å²) >= 11 is 11.8. The van der Waals surface area contributed by atoms with E-state index >= 15 is 0 Å². The van der Waals surface area contributed by atoms with Gasteiger partial charge in [-0.3, -0.25) is 4.79 Å². The second-order valence-electron chi connectivity index (χ2n) is 5.04. The second-order valence-corrected chi connectivity index (χ2v) is 5.88. The van der Waals surface area contributed by atoms with Crippen LogP contribution in [0, 0.1) is 5.41 Å². The van der Waals surface area contributed by atoms with E-state index in [0.717, 1.165) is 0 Å². The average Bonchev–Trinajstić information content (AvgIpc) is 2.37. The van der Waals surface area contributed by atoms with Gasteiger partial charge in [0.1, 0.15) is 0 Å². The summed E-state index contributed by atoms with van der Waals surface area (Å²) in [5.74, 6) is -0.238. The molecule has 3 nitrogen and oxygen atoms in total. The summed E-state index contributed by atoms with van der Waals surface area (Å²) in [6.07, 6.45) is 3.00. The van der Waals surface area contributed by atoms with Crippen molar-refractivity contribution in [2.24, 2.45) is 5.41 Å². The largest absolute Gasteiger partial charge is 0.396 e. The molecule has 1 amide bonds. The molecule has 19 heavy (non-hydrogen) atoms. The lowest BCUT2D eigenvalue weighted by atomic mass is 9.95. The van der Waals surface area contributed by atoms with Gasteiger partial charge in [0, 0.05) is 34.7 Å². The summed E-state index contributed by atoms with van der Waals surface area (Å²) in [6, 6.07) is 5.05. The van der Waals surface area contributed by atoms with Gasteiger partial charge in [-0.05, 0) is 29.8 Å². The van der Waals surface area contributed by atoms with Gasteiger partial charge in [0.25, 0.3) is 0 Å². The molecule has 0 bridgehead atoms. The van der Waals surface area contributed by atoms with Gasteiger partial charge in [0.2, 0.25) is 5.91 Å². The van der Waals surface area contributed by atoms with Crippen LogP contribution in [0.3, 0.4) is 0 Å². The van der Waals surface area contributed by atoms with Crippen molar-refractivity contribution in [3.05, 3.63) is 39.9 Å². The third-order valence-electron chi connectivity index (χ3n) is 2.54. The Labute approximate surface area is 123 Å². The Morgan fingerprint density at radius 2 is 2.11 bits per heavy atom. The molecule has 0 spiro atoms. The Morgan fingerprint density at radius 3 is 2.74 bits per heavy atom. The molecule has 104 valence electrons. The number of carbonyl (C=O) groups is 1. The van der Waals surface area contributed by atoms with E-state index in [2.05, 4.69) is 5.32 Å². The number of aliphatic hydroxyl groups excluding tert-OH is 1. The third-order valence-corrected chi connectivity index (χ3v) is 3.12. The van der Waals surface area contributed by atoms with Crippen LogP contribution in [0.15, 0.2) is 24.3 Å². The minimum absolute atomic E-state index is 0.0110. The van der Waals surface area contributed by atoms with Crippen molar-refractivity contribution in [2.45, 2.75) is 13.8 Å². The van der Waals surface area contributed by atoms with Crippen LogP contribution in [-0.4, -0.2) is 24.2 Å². The molecule has 0 aliphatic heterocycles. The molecule has 0 saturated heterocycles. The molecule has 0 aliphatic carbocycles. The normalized spacial score (nSPS) is 11.8. The van der Waals surface area contributed by atoms with E-state index in [9.17, 15) is 4.79 Å². The molecule has 0 heterocycles. The molecule has 0 radical (unpaired) electrons. The fraction of sp³-hybridized carbons (Fsp3) is 0.357. The maximum absolute atomic E-state index is 11.6. The van der Waals surface area contributed by atoms with Crippen molar-refractivity contribution in [3.63, 3.8) is 0 Å². The molecule has 1 aromatic rings. The first-order valence-electron chi connectivity index (χ1n) is 5.86. The minimum atomic E-state index is -0.336. The van der Waals surface area contributed by atoms with Crippen molar-refractivity contribution in [1.82, 2.24) is 5.32 Å². The van der Waals surface area contributed by atoms with Gasteiger partial charge in [0.05, 0.1) is 0 Å². The summed E-state index contributed by atoms with van der Waals surface area (Å²) in [4.78, 5) is 11.6. The number of hydrogen-bond acceptors (Lipinski definition) is 2. The Balaban J connectivity index is 2.61. The molecule has 2 N–H and O–H groups in total. The second kappa shape index (κ2) is 6.94. The molecule has 1 rings (SSSR count). The number of halogens is 2. The van der Waals surface area contributed by atoms with Crippen LogP contribution in [0.2, 0.25) is 10.0 Å². The van der Waals surface area contributed by atoms with Crippen molar-refractivity contribution in [1.29, 1.82) is 0 Å². The summed E-state index contributed by atoms with van der Waals surface area (Å²) in [5, 5.41) is 12.9. The van der Waals surface area contributed by atoms with E-state index in [1.165, 1.54) is 6.08 Å². The molecular weight excluding hydrogens is 285 g/mol. The first-order chi connectivity index (χ1) is 8.84. The third kappa shape index (κ3) is 5.64. The highest BCUT2D eigenvalue weighted by atomic mass is 35.5. The number of hydrogen-bond donors (Lipinski definition) is 2. The first kappa shape index (κ1) is 16.0. The zero-order chi connectivity index (χ0) is 14.5. The van der Waals surface area contributed by atoms with Crippen molar-refractivity contribution >= 4 is 35.2 Å². The van der Waals surface area contributed by atoms with E-state index in [0.29, 0.717) is 22.2 Å². The van der Waals surface area contributed by atoms with Gasteiger partial charge >= 0.3 is 0 Å². The predicted molar refractivity (Wildman–Crippen MR) is 79.4 cm³/mol. The number of benzene rings is 1. The van der Waals surface area contributed by atoms with Crippen LogP contribution in [0.1, 0.15) is 19.4 Å². The van der Waals surface area contributed by atoms with Crippen LogP contribution in [0.25, 0.3) is 6.08 Å². The first-order valence-corrected chi connectivity index (χ1v) is 6.61. The smallest absolute Gasteiger partial charge is 0.244 e. The Morgan fingerprint density at radius 1 is 1.42 bits per heavy atom. The zero-order valence-corrected chi connectivity index (χ0v) is 12.4. The Bertz CT molecular complexity index is 484. The van der Waals surface area contributed by atoms with Gasteiger partial charge in [-0.25, -0.2) is 0 Å². The van der Waals surface area contributed by atoms with Gasteiger partial charge < -0.3 is 10.4 Å². The SMILES string of the molecule is CC(C)(CO)CNC(=O)/C=C/c1cc(Cl)ccc1Cl. The van der Waals surface area contributed by atoms with Crippen molar-refractivity contribution in [3.8, 4) is 0 Å². The Kier molecular flexibility index (Phi) is 5.85. The van der Waals surface area contributed by atoms with Crippen LogP contribution < -0.4 is 5.32 Å². The van der Waals surface area contributed by atoms with E-state index in [4.69, 9.17) is 28.3 Å². The molecule has 0 aromatic heterocycles. The lowest BCUT2D eigenvalue weighted by Crippen LogP contribution is -2.35. The molecule has 0 atom stereocenters. The van der Waals surface area contributed by atoms with E-state index < -0.39 is 0 Å². The van der Waals surface area contributed by atoms with Crippen LogP contribution >= 0.6 is 23.2 Å². The molecule has 0 saturated carbocycles. The molecule has 0 unspecified atom stereocenters. The van der Waals surface area contributed by atoms with Crippen molar-refractivity contribution < 1.29 is 9.90 Å². The fourth-order valence-corrected chi connectivity index (χ4v) is 1.61. The maximum atomic E-state index is 11.6. The number of carbonyl (C=O) groups excluding carboxylic acids is 1. The van der Waals surface area contributed by atoms with Gasteiger partial charge in [-0.15, -0.1) is 0 Å². The highest BCUT2D eigenvalue weighted by Gasteiger charge is 2.16. The Hall–Kier alpha value is -1.03. The fourth-order valence-electron chi connectivity index (χ4n) is 1.25. The topological polar surface area (TPSA) is 49.3 Å². The molecular formula is C14H17Cl2NO2. The molecule has 0 aliphatic rings. The monoisotopic (exact) mass is 301 g/mol. The number of rotatable bonds is 5. The van der Waals surface area contributed by atoms with Gasteiger partial charge in [0.15, 0.2) is 0 Å². The highest BCUT2D eigenvalue weighted by molar-refractivity contribution is 6.34. The van der Waals surface area contributed by atoms with Gasteiger partial charge in [-0.2, -0.15) is 0 Å². The molecule has 1 aromatic carbocycles. The zero-order valence-electron chi connectivity index (χ0n) is 10.9. The van der Waals surface area contributed by atoms with E-state index in [1.807, 2.05) is 13.8 Å². The van der Waals surface area contributed by atoms with Gasteiger partial charge in [-0.1, -0.05) is 37.0 Å². The predicted octanol–water partition coefficient (Wildman–Crippen LogP) is 3.14. The van der Waals surface area contributed by atoms with Crippen LogP contribution in [0.4, 0.5) is 0 Å². The molecule has 0 fully saturated rings. The minimum Gasteiger partial charge on any atom is -0.396 e. The number of amides is 1. The quantitative estimate of drug-likeness (QED) is 0.821. The lowest BCUT2D eigenvalue weighted by Gasteiger charge is -2.21. The van der Waals surface area contributed by atoms with E-state index in [1.54, 1.807) is 24.3 Å². The number of aliphatic hydroxyl groups is 1. The number of nitrogens with one attached hydrogen (secondary N) is 1. The maximum Gasteiger partial charge on any atom is 0.244 e. The summed E-state index contributed by atoms with van der Waals surface area (Å²) in [7, 11) is 0. The standard InChI is InChI=1S/C14H17Cl2NO2/c1-14(2,9-18)8-17-13(19)6-3-10-7-11(15)4-5-12(10)16/h3-7,18H,8-9H2,1-2H3,(H,17,19)/b6-3+.